The van der Waals surface area contributed by atoms with Crippen LogP contribution in [0, 0.1) is 0 Å². The second kappa shape index (κ2) is 16.7. The normalized spacial score (nSPS) is 18.2. The van der Waals surface area contributed by atoms with Gasteiger partial charge in [0.2, 0.25) is 0 Å². The minimum Gasteiger partial charge on any atom is -0.415 e. The zero-order valence-electron chi connectivity index (χ0n) is 27.6. The molecule has 7 nitrogen and oxygen atoms in total. The first-order valence-corrected chi connectivity index (χ1v) is 21.6. The second-order valence-corrected chi connectivity index (χ2v) is 24.3. The van der Waals surface area contributed by atoms with Crippen molar-refractivity contribution >= 4 is 25.7 Å². The van der Waals surface area contributed by atoms with Crippen LogP contribution in [-0.2, 0) is 31.3 Å². The molecule has 2 atom stereocenters. The van der Waals surface area contributed by atoms with Gasteiger partial charge in [0, 0.05) is 51.2 Å². The highest BCUT2D eigenvalue weighted by Gasteiger charge is 2.52. The van der Waals surface area contributed by atoms with Crippen LogP contribution < -0.4 is 0 Å². The summed E-state index contributed by atoms with van der Waals surface area (Å²) in [6, 6.07) is 4.78. The molecule has 0 fully saturated rings. The van der Waals surface area contributed by atoms with E-state index in [-0.39, 0.29) is 16.8 Å². The molecule has 230 valence electrons. The van der Waals surface area contributed by atoms with E-state index in [1.165, 1.54) is 0 Å². The standard InChI is InChI=1S/C28H64O7Si3/c1-15-32-36(17-3,23-20-29-26(6,7)8)34-38(19-5,25-22-31-28(12,13)14)35-37(18-4,33-16-2)24-21-30-27(9,10)11/h15-25H2,1-14H3. The van der Waals surface area contributed by atoms with Gasteiger partial charge in [0.1, 0.15) is 0 Å². The molecule has 0 saturated carbocycles. The lowest BCUT2D eigenvalue weighted by Crippen LogP contribution is -2.61. The zero-order chi connectivity index (χ0) is 29.7. The van der Waals surface area contributed by atoms with E-state index in [0.717, 1.165) is 36.3 Å². The van der Waals surface area contributed by atoms with Gasteiger partial charge in [-0.3, -0.25) is 0 Å². The van der Waals surface area contributed by atoms with Gasteiger partial charge in [-0.1, -0.05) is 20.8 Å². The Labute approximate surface area is 239 Å². The van der Waals surface area contributed by atoms with E-state index in [0.29, 0.717) is 33.0 Å². The highest BCUT2D eigenvalue weighted by Crippen LogP contribution is 2.35. The van der Waals surface area contributed by atoms with Crippen molar-refractivity contribution in [2.75, 3.05) is 33.0 Å². The molecule has 0 aromatic heterocycles. The highest BCUT2D eigenvalue weighted by molar-refractivity contribution is 6.87. The van der Waals surface area contributed by atoms with Crippen LogP contribution in [0.25, 0.3) is 0 Å². The smallest absolute Gasteiger partial charge is 0.331 e. The Kier molecular flexibility index (Phi) is 16.9. The Hall–Kier alpha value is 0.371. The van der Waals surface area contributed by atoms with E-state index in [1.54, 1.807) is 0 Å². The molecule has 0 rings (SSSR count). The van der Waals surface area contributed by atoms with Crippen molar-refractivity contribution in [3.8, 4) is 0 Å². The van der Waals surface area contributed by atoms with Crippen molar-refractivity contribution in [3.05, 3.63) is 0 Å². The summed E-state index contributed by atoms with van der Waals surface area (Å²) in [6.45, 7) is 32.5. The summed E-state index contributed by atoms with van der Waals surface area (Å²) in [5.74, 6) is 0. The van der Waals surface area contributed by atoms with Crippen molar-refractivity contribution in [1.82, 2.24) is 0 Å². The Bertz CT molecular complexity index is 591. The molecule has 0 spiro atoms. The third-order valence-electron chi connectivity index (χ3n) is 6.23. The van der Waals surface area contributed by atoms with Crippen LogP contribution in [0.15, 0.2) is 0 Å². The number of hydrogen-bond donors (Lipinski definition) is 0. The maximum absolute atomic E-state index is 7.33. The minimum atomic E-state index is -2.81. The predicted molar refractivity (Wildman–Crippen MR) is 166 cm³/mol. The summed E-state index contributed by atoms with van der Waals surface area (Å²) in [4.78, 5) is 0. The summed E-state index contributed by atoms with van der Waals surface area (Å²) in [5.41, 5.74) is -0.640. The molecule has 0 aliphatic rings. The van der Waals surface area contributed by atoms with Gasteiger partial charge in [0.05, 0.1) is 16.8 Å². The lowest BCUT2D eigenvalue weighted by Gasteiger charge is -2.45. The number of hydrogen-bond acceptors (Lipinski definition) is 7. The third kappa shape index (κ3) is 16.0. The minimum absolute atomic E-state index is 0.206. The topological polar surface area (TPSA) is 64.6 Å². The first-order valence-electron chi connectivity index (χ1n) is 14.9. The Balaban J connectivity index is 6.33. The van der Waals surface area contributed by atoms with Crippen LogP contribution in [0.3, 0.4) is 0 Å². The van der Waals surface area contributed by atoms with E-state index >= 15 is 0 Å². The van der Waals surface area contributed by atoms with E-state index < -0.39 is 25.7 Å². The molecule has 0 aliphatic carbocycles. The van der Waals surface area contributed by atoms with Crippen LogP contribution in [0.1, 0.15) is 96.9 Å². The van der Waals surface area contributed by atoms with E-state index in [2.05, 4.69) is 96.9 Å². The molecule has 0 saturated heterocycles. The van der Waals surface area contributed by atoms with Crippen LogP contribution in [-0.4, -0.2) is 75.5 Å². The average Bonchev–Trinajstić information content (AvgIpc) is 2.76. The molecule has 0 aromatic rings. The van der Waals surface area contributed by atoms with E-state index in [1.807, 2.05) is 0 Å². The summed E-state index contributed by atoms with van der Waals surface area (Å²) in [6.07, 6.45) is 0. The molecule has 0 bridgehead atoms. The van der Waals surface area contributed by atoms with Gasteiger partial charge in [-0.2, -0.15) is 0 Å². The van der Waals surface area contributed by atoms with Gasteiger partial charge < -0.3 is 31.3 Å². The Morgan fingerprint density at radius 3 is 0.895 bits per heavy atom. The lowest BCUT2D eigenvalue weighted by molar-refractivity contribution is 0.0000445. The SMILES string of the molecule is CCO[Si](CC)(CCOC(C)(C)C)O[Si](CC)(CCOC(C)(C)C)O[Si](CC)(CCOC(C)(C)C)OCC. The third-order valence-corrected chi connectivity index (χ3v) is 19.9. The molecule has 0 aliphatic heterocycles. The van der Waals surface area contributed by atoms with Gasteiger partial charge in [0.25, 0.3) is 0 Å². The first-order chi connectivity index (χ1) is 17.3. The maximum Gasteiger partial charge on any atom is 0.331 e. The monoisotopic (exact) mass is 596 g/mol. The highest BCUT2D eigenvalue weighted by atomic mass is 28.5. The quantitative estimate of drug-likeness (QED) is 0.132. The average molecular weight is 597 g/mol. The van der Waals surface area contributed by atoms with Crippen molar-refractivity contribution in [2.24, 2.45) is 0 Å². The Morgan fingerprint density at radius 1 is 0.421 bits per heavy atom. The van der Waals surface area contributed by atoms with E-state index in [9.17, 15) is 0 Å². The molecule has 0 radical (unpaired) electrons. The van der Waals surface area contributed by atoms with Gasteiger partial charge in [-0.25, -0.2) is 0 Å². The van der Waals surface area contributed by atoms with Crippen LogP contribution >= 0.6 is 0 Å². The van der Waals surface area contributed by atoms with Crippen molar-refractivity contribution in [1.29, 1.82) is 0 Å². The van der Waals surface area contributed by atoms with Gasteiger partial charge in [-0.05, 0) is 94.3 Å². The predicted octanol–water partition coefficient (Wildman–Crippen LogP) is 7.92. The summed E-state index contributed by atoms with van der Waals surface area (Å²) < 4.78 is 46.2. The number of rotatable bonds is 20. The molecular weight excluding hydrogens is 533 g/mol. The largest absolute Gasteiger partial charge is 0.415 e. The summed E-state index contributed by atoms with van der Waals surface area (Å²) in [5, 5.41) is 0. The second-order valence-electron chi connectivity index (χ2n) is 13.0. The lowest BCUT2D eigenvalue weighted by atomic mass is 10.2. The first kappa shape index (κ1) is 38.4. The van der Waals surface area contributed by atoms with Crippen molar-refractivity contribution in [3.63, 3.8) is 0 Å². The van der Waals surface area contributed by atoms with Gasteiger partial charge in [0.15, 0.2) is 0 Å². The molecule has 2 unspecified atom stereocenters. The van der Waals surface area contributed by atoms with Crippen molar-refractivity contribution < 1.29 is 31.3 Å². The maximum atomic E-state index is 7.33. The zero-order valence-corrected chi connectivity index (χ0v) is 30.6. The van der Waals surface area contributed by atoms with Gasteiger partial charge in [-0.15, -0.1) is 0 Å². The molecule has 0 N–H and O–H groups in total. The van der Waals surface area contributed by atoms with Crippen LogP contribution in [0.5, 0.6) is 0 Å². The summed E-state index contributed by atoms with van der Waals surface area (Å²) >= 11 is 0. The van der Waals surface area contributed by atoms with Gasteiger partial charge >= 0.3 is 25.7 Å². The van der Waals surface area contributed by atoms with Crippen molar-refractivity contribution in [2.45, 2.75) is 150 Å². The molecule has 0 heterocycles. The molecule has 38 heavy (non-hydrogen) atoms. The summed E-state index contributed by atoms with van der Waals surface area (Å²) in [7, 11) is -8.06. The Morgan fingerprint density at radius 2 is 0.684 bits per heavy atom. The fraction of sp³-hybridized carbons (Fsp3) is 1.00. The number of ether oxygens (including phenoxy) is 3. The molecule has 0 amide bonds. The fourth-order valence-corrected chi connectivity index (χ4v) is 18.6. The fourth-order valence-electron chi connectivity index (χ4n) is 4.19. The molecular formula is C28H64O7Si3. The molecule has 0 aromatic carbocycles. The van der Waals surface area contributed by atoms with E-state index in [4.69, 9.17) is 31.3 Å². The van der Waals surface area contributed by atoms with Crippen LogP contribution in [0.4, 0.5) is 0 Å². The molecule has 10 heteroatoms. The van der Waals surface area contributed by atoms with Crippen LogP contribution in [0.2, 0.25) is 36.3 Å².